The Morgan fingerprint density at radius 2 is 1.91 bits per heavy atom. The molecule has 0 spiro atoms. The summed E-state index contributed by atoms with van der Waals surface area (Å²) in [7, 11) is 0. The number of anilines is 2. The highest BCUT2D eigenvalue weighted by Crippen LogP contribution is 2.46. The van der Waals surface area contributed by atoms with Crippen molar-refractivity contribution in [3.05, 3.63) is 51.8 Å². The molecule has 3 rings (SSSR count). The molecule has 0 aromatic carbocycles. The SMILES string of the molecule is Cc1ccc(Nc2ccc([N+](=O)[O-])cn2)nc1C1(Br)CCCC1. The van der Waals surface area contributed by atoms with Crippen LogP contribution in [0.25, 0.3) is 0 Å². The lowest BCUT2D eigenvalue weighted by Crippen LogP contribution is -2.17. The van der Waals surface area contributed by atoms with Gasteiger partial charge in [0.2, 0.25) is 0 Å². The van der Waals surface area contributed by atoms with Crippen molar-refractivity contribution in [1.29, 1.82) is 0 Å². The molecule has 0 unspecified atom stereocenters. The van der Waals surface area contributed by atoms with Gasteiger partial charge in [0.25, 0.3) is 5.69 Å². The highest BCUT2D eigenvalue weighted by atomic mass is 79.9. The van der Waals surface area contributed by atoms with Gasteiger partial charge in [0, 0.05) is 6.07 Å². The lowest BCUT2D eigenvalue weighted by molar-refractivity contribution is -0.385. The minimum Gasteiger partial charge on any atom is -0.325 e. The first-order valence-corrected chi connectivity index (χ1v) is 8.32. The number of hydrogen-bond donors (Lipinski definition) is 1. The molecule has 1 N–H and O–H groups in total. The van der Waals surface area contributed by atoms with Gasteiger partial charge in [-0.1, -0.05) is 34.8 Å². The van der Waals surface area contributed by atoms with Crippen molar-refractivity contribution in [2.45, 2.75) is 36.9 Å². The molecule has 7 heteroatoms. The molecule has 2 aromatic rings. The number of nitrogens with zero attached hydrogens (tertiary/aromatic N) is 3. The molecule has 1 aliphatic rings. The Morgan fingerprint density at radius 3 is 2.52 bits per heavy atom. The van der Waals surface area contributed by atoms with Gasteiger partial charge in [-0.25, -0.2) is 9.97 Å². The normalized spacial score (nSPS) is 16.3. The Morgan fingerprint density at radius 1 is 1.22 bits per heavy atom. The number of alkyl halides is 1. The van der Waals surface area contributed by atoms with Gasteiger partial charge >= 0.3 is 0 Å². The Labute approximate surface area is 142 Å². The van der Waals surface area contributed by atoms with Gasteiger partial charge in [-0.05, 0) is 37.5 Å². The Kier molecular flexibility index (Phi) is 4.30. The first-order chi connectivity index (χ1) is 11.0. The third-order valence-electron chi connectivity index (χ3n) is 4.13. The standard InChI is InChI=1S/C16H17BrN4O2/c1-11-4-6-14(20-15(11)16(17)8-2-3-9-16)19-13-7-5-12(10-18-13)21(22)23/h4-7,10H,2-3,8-9H2,1H3,(H,18,19,20). The number of aryl methyl sites for hydroxylation is 1. The predicted molar refractivity (Wildman–Crippen MR) is 92.2 cm³/mol. The van der Waals surface area contributed by atoms with Crippen LogP contribution in [0.2, 0.25) is 0 Å². The van der Waals surface area contributed by atoms with E-state index in [1.165, 1.54) is 25.1 Å². The maximum atomic E-state index is 10.7. The molecule has 0 amide bonds. The molecule has 1 aliphatic carbocycles. The lowest BCUT2D eigenvalue weighted by atomic mass is 9.99. The fourth-order valence-electron chi connectivity index (χ4n) is 2.92. The van der Waals surface area contributed by atoms with Crippen LogP contribution in [-0.2, 0) is 4.32 Å². The first-order valence-electron chi connectivity index (χ1n) is 7.52. The molecule has 2 heterocycles. The summed E-state index contributed by atoms with van der Waals surface area (Å²) >= 11 is 3.87. The molecule has 0 radical (unpaired) electrons. The number of aromatic nitrogens is 2. The van der Waals surface area contributed by atoms with Crippen LogP contribution in [0.3, 0.4) is 0 Å². The number of rotatable bonds is 4. The van der Waals surface area contributed by atoms with Crippen LogP contribution in [-0.4, -0.2) is 14.9 Å². The summed E-state index contributed by atoms with van der Waals surface area (Å²) in [6.07, 6.45) is 5.81. The zero-order chi connectivity index (χ0) is 16.4. The zero-order valence-electron chi connectivity index (χ0n) is 12.8. The summed E-state index contributed by atoms with van der Waals surface area (Å²) in [5, 5.41) is 13.8. The predicted octanol–water partition coefficient (Wildman–Crippen LogP) is 4.60. The Bertz CT molecular complexity index is 727. The van der Waals surface area contributed by atoms with E-state index in [0.29, 0.717) is 11.6 Å². The molecule has 1 fully saturated rings. The maximum absolute atomic E-state index is 10.7. The molecular formula is C16H17BrN4O2. The van der Waals surface area contributed by atoms with Gasteiger partial charge in [0.1, 0.15) is 17.8 Å². The molecule has 0 aliphatic heterocycles. The van der Waals surface area contributed by atoms with Gasteiger partial charge in [-0.15, -0.1) is 0 Å². The fourth-order valence-corrected chi connectivity index (χ4v) is 3.89. The van der Waals surface area contributed by atoms with Gasteiger partial charge in [-0.2, -0.15) is 0 Å². The average molecular weight is 377 g/mol. The lowest BCUT2D eigenvalue weighted by Gasteiger charge is -2.23. The van der Waals surface area contributed by atoms with Crippen molar-refractivity contribution in [2.75, 3.05) is 5.32 Å². The van der Waals surface area contributed by atoms with Crippen molar-refractivity contribution in [3.63, 3.8) is 0 Å². The number of hydrogen-bond acceptors (Lipinski definition) is 5. The molecule has 6 nitrogen and oxygen atoms in total. The summed E-state index contributed by atoms with van der Waals surface area (Å²) < 4.78 is -0.0440. The Balaban J connectivity index is 1.85. The third-order valence-corrected chi connectivity index (χ3v) is 5.30. The van der Waals surface area contributed by atoms with Crippen molar-refractivity contribution in [2.24, 2.45) is 0 Å². The molecule has 23 heavy (non-hydrogen) atoms. The summed E-state index contributed by atoms with van der Waals surface area (Å²) in [4.78, 5) is 19.0. The van der Waals surface area contributed by atoms with Crippen LogP contribution in [0.1, 0.15) is 36.9 Å². The molecule has 0 bridgehead atoms. The quantitative estimate of drug-likeness (QED) is 0.478. The number of pyridine rings is 2. The van der Waals surface area contributed by atoms with Crippen LogP contribution in [0.15, 0.2) is 30.5 Å². The van der Waals surface area contributed by atoms with Crippen molar-refractivity contribution < 1.29 is 4.92 Å². The smallest absolute Gasteiger partial charge is 0.287 e. The number of nitro groups is 1. The summed E-state index contributed by atoms with van der Waals surface area (Å²) in [6, 6.07) is 6.94. The second-order valence-electron chi connectivity index (χ2n) is 5.82. The fraction of sp³-hybridized carbons (Fsp3) is 0.375. The second-order valence-corrected chi connectivity index (χ2v) is 7.34. The molecule has 2 aromatic heterocycles. The highest BCUT2D eigenvalue weighted by Gasteiger charge is 2.35. The number of nitrogens with one attached hydrogen (secondary N) is 1. The van der Waals surface area contributed by atoms with E-state index >= 15 is 0 Å². The van der Waals surface area contributed by atoms with E-state index < -0.39 is 4.92 Å². The van der Waals surface area contributed by atoms with Crippen LogP contribution in [0.5, 0.6) is 0 Å². The molecule has 0 atom stereocenters. The zero-order valence-corrected chi connectivity index (χ0v) is 14.3. The van der Waals surface area contributed by atoms with E-state index in [0.717, 1.165) is 24.1 Å². The summed E-state index contributed by atoms with van der Waals surface area (Å²) in [6.45, 7) is 2.07. The van der Waals surface area contributed by atoms with E-state index in [4.69, 9.17) is 4.98 Å². The van der Waals surface area contributed by atoms with E-state index in [-0.39, 0.29) is 10.0 Å². The van der Waals surface area contributed by atoms with Gasteiger partial charge in [0.15, 0.2) is 0 Å². The first kappa shape index (κ1) is 15.9. The molecule has 1 saturated carbocycles. The largest absolute Gasteiger partial charge is 0.325 e. The van der Waals surface area contributed by atoms with Crippen LogP contribution in [0, 0.1) is 17.0 Å². The van der Waals surface area contributed by atoms with Crippen LogP contribution in [0.4, 0.5) is 17.3 Å². The number of halogens is 1. The van der Waals surface area contributed by atoms with E-state index in [2.05, 4.69) is 33.2 Å². The molecule has 120 valence electrons. The van der Waals surface area contributed by atoms with E-state index in [1.807, 2.05) is 12.1 Å². The highest BCUT2D eigenvalue weighted by molar-refractivity contribution is 9.09. The van der Waals surface area contributed by atoms with Crippen molar-refractivity contribution >= 4 is 33.3 Å². The maximum Gasteiger partial charge on any atom is 0.287 e. The summed E-state index contributed by atoms with van der Waals surface area (Å²) in [5.41, 5.74) is 2.19. The second kappa shape index (κ2) is 6.23. The topological polar surface area (TPSA) is 81.0 Å². The minimum atomic E-state index is -0.465. The van der Waals surface area contributed by atoms with Crippen LogP contribution >= 0.6 is 15.9 Å². The van der Waals surface area contributed by atoms with E-state index in [1.54, 1.807) is 6.07 Å². The third kappa shape index (κ3) is 3.34. The van der Waals surface area contributed by atoms with Gasteiger partial charge in [0.05, 0.1) is 14.9 Å². The average Bonchev–Trinajstić information content (AvgIpc) is 2.97. The van der Waals surface area contributed by atoms with Gasteiger partial charge in [-0.3, -0.25) is 10.1 Å². The van der Waals surface area contributed by atoms with Gasteiger partial charge < -0.3 is 5.32 Å². The van der Waals surface area contributed by atoms with Crippen molar-refractivity contribution in [3.8, 4) is 0 Å². The minimum absolute atomic E-state index is 0.0292. The molecular weight excluding hydrogens is 360 g/mol. The van der Waals surface area contributed by atoms with Crippen molar-refractivity contribution in [1.82, 2.24) is 9.97 Å². The Hall–Kier alpha value is -2.02. The van der Waals surface area contributed by atoms with E-state index in [9.17, 15) is 10.1 Å². The monoisotopic (exact) mass is 376 g/mol. The summed E-state index contributed by atoms with van der Waals surface area (Å²) in [5.74, 6) is 1.23. The molecule has 0 saturated heterocycles. The van der Waals surface area contributed by atoms with Crippen LogP contribution < -0.4 is 5.32 Å².